The Kier molecular flexibility index (Phi) is 3.17. The first-order valence-corrected chi connectivity index (χ1v) is 6.26. The molecule has 1 aliphatic heterocycles. The van der Waals surface area contributed by atoms with E-state index in [1.54, 1.807) is 0 Å². The SMILES string of the molecule is Clc1ccccc1-c1nc(N2CCNCC2)no1. The molecule has 1 N–H and O–H groups in total. The standard InChI is InChI=1S/C12H13ClN4O/c13-10-4-2-1-3-9(10)11-15-12(16-18-11)17-7-5-14-6-8-17/h1-4,14H,5-8H2. The number of nitrogens with zero attached hydrogens (tertiary/aromatic N) is 3. The summed E-state index contributed by atoms with van der Waals surface area (Å²) in [6.45, 7) is 3.66. The molecule has 3 rings (SSSR count). The van der Waals surface area contributed by atoms with Gasteiger partial charge in [-0.3, -0.25) is 0 Å². The molecule has 0 bridgehead atoms. The Morgan fingerprint density at radius 2 is 2.00 bits per heavy atom. The van der Waals surface area contributed by atoms with Crippen molar-refractivity contribution in [3.8, 4) is 11.5 Å². The summed E-state index contributed by atoms with van der Waals surface area (Å²) in [5.41, 5.74) is 0.771. The van der Waals surface area contributed by atoms with E-state index < -0.39 is 0 Å². The highest BCUT2D eigenvalue weighted by Crippen LogP contribution is 2.27. The van der Waals surface area contributed by atoms with Crippen molar-refractivity contribution in [2.24, 2.45) is 0 Å². The minimum absolute atomic E-state index is 0.467. The van der Waals surface area contributed by atoms with Crippen LogP contribution in [0.2, 0.25) is 5.02 Å². The van der Waals surface area contributed by atoms with Gasteiger partial charge in [0.2, 0.25) is 0 Å². The maximum Gasteiger partial charge on any atom is 0.266 e. The zero-order valence-corrected chi connectivity index (χ0v) is 10.5. The second-order valence-corrected chi connectivity index (χ2v) is 4.52. The first-order chi connectivity index (χ1) is 8.84. The molecule has 1 aromatic carbocycles. The zero-order chi connectivity index (χ0) is 12.4. The number of anilines is 1. The van der Waals surface area contributed by atoms with Crippen LogP contribution in [0.15, 0.2) is 28.8 Å². The molecule has 0 spiro atoms. The van der Waals surface area contributed by atoms with Gasteiger partial charge >= 0.3 is 0 Å². The van der Waals surface area contributed by atoms with Gasteiger partial charge < -0.3 is 14.7 Å². The maximum atomic E-state index is 6.10. The Morgan fingerprint density at radius 1 is 1.22 bits per heavy atom. The molecule has 1 aliphatic rings. The summed E-state index contributed by atoms with van der Waals surface area (Å²) in [4.78, 5) is 6.50. The third kappa shape index (κ3) is 2.19. The predicted octanol–water partition coefficient (Wildman–Crippen LogP) is 1.80. The summed E-state index contributed by atoms with van der Waals surface area (Å²) in [5.74, 6) is 1.10. The van der Waals surface area contributed by atoms with E-state index >= 15 is 0 Å². The molecule has 2 heterocycles. The molecule has 2 aromatic rings. The van der Waals surface area contributed by atoms with Crippen LogP contribution in [0.4, 0.5) is 5.95 Å². The molecular formula is C12H13ClN4O. The molecule has 1 aromatic heterocycles. The number of benzene rings is 1. The van der Waals surface area contributed by atoms with E-state index in [2.05, 4.69) is 20.4 Å². The van der Waals surface area contributed by atoms with Crippen molar-refractivity contribution in [1.82, 2.24) is 15.5 Å². The molecule has 94 valence electrons. The molecular weight excluding hydrogens is 252 g/mol. The van der Waals surface area contributed by atoms with Gasteiger partial charge in [-0.25, -0.2) is 0 Å². The van der Waals surface area contributed by atoms with Crippen molar-refractivity contribution >= 4 is 17.5 Å². The number of hydrogen-bond acceptors (Lipinski definition) is 5. The number of aromatic nitrogens is 2. The molecule has 0 saturated carbocycles. The lowest BCUT2D eigenvalue weighted by atomic mass is 10.2. The van der Waals surface area contributed by atoms with Crippen molar-refractivity contribution in [1.29, 1.82) is 0 Å². The summed E-state index contributed by atoms with van der Waals surface area (Å²) in [6.07, 6.45) is 0. The molecule has 0 atom stereocenters. The van der Waals surface area contributed by atoms with Crippen LogP contribution in [0.1, 0.15) is 0 Å². The number of piperazine rings is 1. The predicted molar refractivity (Wildman–Crippen MR) is 69.8 cm³/mol. The highest BCUT2D eigenvalue weighted by atomic mass is 35.5. The third-order valence-electron chi connectivity index (χ3n) is 2.92. The fourth-order valence-electron chi connectivity index (χ4n) is 1.95. The van der Waals surface area contributed by atoms with Gasteiger partial charge in [0.15, 0.2) is 0 Å². The van der Waals surface area contributed by atoms with Crippen LogP contribution in [-0.2, 0) is 0 Å². The highest BCUT2D eigenvalue weighted by Gasteiger charge is 2.18. The van der Waals surface area contributed by atoms with E-state index in [4.69, 9.17) is 16.1 Å². The van der Waals surface area contributed by atoms with E-state index in [1.807, 2.05) is 24.3 Å². The minimum Gasteiger partial charge on any atom is -0.336 e. The number of rotatable bonds is 2. The topological polar surface area (TPSA) is 54.2 Å². The van der Waals surface area contributed by atoms with E-state index in [0.717, 1.165) is 31.7 Å². The van der Waals surface area contributed by atoms with E-state index in [9.17, 15) is 0 Å². The van der Waals surface area contributed by atoms with E-state index in [-0.39, 0.29) is 0 Å². The quantitative estimate of drug-likeness (QED) is 0.896. The molecule has 0 unspecified atom stereocenters. The van der Waals surface area contributed by atoms with Crippen molar-refractivity contribution < 1.29 is 4.52 Å². The monoisotopic (exact) mass is 264 g/mol. The van der Waals surface area contributed by atoms with Crippen LogP contribution in [0.25, 0.3) is 11.5 Å². The van der Waals surface area contributed by atoms with Crippen LogP contribution >= 0.6 is 11.6 Å². The number of halogens is 1. The van der Waals surface area contributed by atoms with Crippen LogP contribution in [0.5, 0.6) is 0 Å². The van der Waals surface area contributed by atoms with Crippen LogP contribution in [0, 0.1) is 0 Å². The lowest BCUT2D eigenvalue weighted by Crippen LogP contribution is -2.44. The second kappa shape index (κ2) is 4.96. The molecule has 6 heteroatoms. The molecule has 1 saturated heterocycles. The molecule has 18 heavy (non-hydrogen) atoms. The average molecular weight is 265 g/mol. The fourth-order valence-corrected chi connectivity index (χ4v) is 2.17. The highest BCUT2D eigenvalue weighted by molar-refractivity contribution is 6.33. The first-order valence-electron chi connectivity index (χ1n) is 5.89. The summed E-state index contributed by atoms with van der Waals surface area (Å²) >= 11 is 6.10. The molecule has 0 amide bonds. The Balaban J connectivity index is 1.87. The smallest absolute Gasteiger partial charge is 0.266 e. The zero-order valence-electron chi connectivity index (χ0n) is 9.77. The second-order valence-electron chi connectivity index (χ2n) is 4.12. The van der Waals surface area contributed by atoms with Gasteiger partial charge in [-0.2, -0.15) is 4.98 Å². The normalized spacial score (nSPS) is 15.9. The molecule has 0 aliphatic carbocycles. The van der Waals surface area contributed by atoms with Crippen molar-refractivity contribution in [3.63, 3.8) is 0 Å². The summed E-state index contributed by atoms with van der Waals surface area (Å²) in [5, 5.41) is 7.91. The van der Waals surface area contributed by atoms with Crippen molar-refractivity contribution in [3.05, 3.63) is 29.3 Å². The number of hydrogen-bond donors (Lipinski definition) is 1. The van der Waals surface area contributed by atoms with Gasteiger partial charge in [-0.1, -0.05) is 23.7 Å². The van der Waals surface area contributed by atoms with E-state index in [0.29, 0.717) is 16.9 Å². The summed E-state index contributed by atoms with van der Waals surface area (Å²) in [6, 6.07) is 7.46. The summed E-state index contributed by atoms with van der Waals surface area (Å²) < 4.78 is 5.28. The van der Waals surface area contributed by atoms with Crippen LogP contribution < -0.4 is 10.2 Å². The summed E-state index contributed by atoms with van der Waals surface area (Å²) in [7, 11) is 0. The fraction of sp³-hybridized carbons (Fsp3) is 0.333. The Bertz CT molecular complexity index is 536. The van der Waals surface area contributed by atoms with Crippen molar-refractivity contribution in [2.75, 3.05) is 31.1 Å². The van der Waals surface area contributed by atoms with Gasteiger partial charge in [0.1, 0.15) is 0 Å². The third-order valence-corrected chi connectivity index (χ3v) is 3.25. The number of nitrogens with one attached hydrogen (secondary N) is 1. The van der Waals surface area contributed by atoms with Crippen LogP contribution in [0.3, 0.4) is 0 Å². The Hall–Kier alpha value is -1.59. The maximum absolute atomic E-state index is 6.10. The van der Waals surface area contributed by atoms with Gasteiger partial charge in [-0.15, -0.1) is 0 Å². The van der Waals surface area contributed by atoms with Gasteiger partial charge in [0.05, 0.1) is 10.6 Å². The molecule has 5 nitrogen and oxygen atoms in total. The Morgan fingerprint density at radius 3 is 2.78 bits per heavy atom. The molecule has 1 fully saturated rings. The first kappa shape index (κ1) is 11.5. The van der Waals surface area contributed by atoms with Gasteiger partial charge in [0, 0.05) is 26.2 Å². The lowest BCUT2D eigenvalue weighted by Gasteiger charge is -2.25. The minimum atomic E-state index is 0.467. The Labute approximate surface area is 110 Å². The van der Waals surface area contributed by atoms with Crippen LogP contribution in [-0.4, -0.2) is 36.3 Å². The molecule has 0 radical (unpaired) electrons. The van der Waals surface area contributed by atoms with Gasteiger partial charge in [-0.05, 0) is 17.3 Å². The van der Waals surface area contributed by atoms with Gasteiger partial charge in [0.25, 0.3) is 11.8 Å². The largest absolute Gasteiger partial charge is 0.336 e. The lowest BCUT2D eigenvalue weighted by molar-refractivity contribution is 0.427. The van der Waals surface area contributed by atoms with E-state index in [1.165, 1.54) is 0 Å². The van der Waals surface area contributed by atoms with Crippen molar-refractivity contribution in [2.45, 2.75) is 0 Å². The average Bonchev–Trinajstić information content (AvgIpc) is 2.90.